The number of aryl methyl sites for hydroxylation is 2. The second-order valence-corrected chi connectivity index (χ2v) is 10.7. The van der Waals surface area contributed by atoms with Crippen LogP contribution in [0.15, 0.2) is 12.1 Å². The van der Waals surface area contributed by atoms with Crippen LogP contribution in [0.2, 0.25) is 0 Å². The Morgan fingerprint density at radius 2 is 1.74 bits per heavy atom. The minimum Gasteiger partial charge on any atom is -0.426 e. The molecule has 11 heteroatoms. The molecule has 0 aliphatic heterocycles. The van der Waals surface area contributed by atoms with Crippen molar-refractivity contribution in [2.24, 2.45) is 5.92 Å². The Labute approximate surface area is 207 Å². The van der Waals surface area contributed by atoms with E-state index in [-0.39, 0.29) is 50.9 Å². The molecule has 0 aromatic heterocycles. The number of hydrogen-bond acceptors (Lipinski definition) is 8. The molecule has 0 saturated carbocycles. The zero-order chi connectivity index (χ0) is 26.8. The van der Waals surface area contributed by atoms with Crippen molar-refractivity contribution in [1.29, 1.82) is 0 Å². The summed E-state index contributed by atoms with van der Waals surface area (Å²) in [7, 11) is -2.96. The summed E-state index contributed by atoms with van der Waals surface area (Å²) in [4.78, 5) is 45.8. The highest BCUT2D eigenvalue weighted by Gasteiger charge is 2.31. The Bertz CT molecular complexity index is 945. The molecular formula is C24H38NO9P. The van der Waals surface area contributed by atoms with Gasteiger partial charge in [-0.15, -0.1) is 0 Å². The maximum absolute atomic E-state index is 12.6. The fourth-order valence-corrected chi connectivity index (χ4v) is 4.07. The molecule has 0 fully saturated rings. The molecule has 0 bridgehead atoms. The molecule has 0 aliphatic rings. The number of phosphoric acid groups is 1. The Morgan fingerprint density at radius 3 is 2.34 bits per heavy atom. The van der Waals surface area contributed by atoms with Crippen molar-refractivity contribution in [2.75, 3.05) is 33.5 Å². The highest BCUT2D eigenvalue weighted by molar-refractivity contribution is 7.47. The molecule has 0 heterocycles. The van der Waals surface area contributed by atoms with Crippen LogP contribution < -0.4 is 10.1 Å². The molecule has 0 saturated heterocycles. The number of esters is 1. The normalized spacial score (nSPS) is 14.2. The molecule has 1 rings (SSSR count). The molecule has 0 spiro atoms. The smallest absolute Gasteiger partial charge is 0.426 e. The average molecular weight is 516 g/mol. The van der Waals surface area contributed by atoms with Gasteiger partial charge in [-0.1, -0.05) is 32.9 Å². The summed E-state index contributed by atoms with van der Waals surface area (Å²) in [6.45, 7) is 11.0. The van der Waals surface area contributed by atoms with Gasteiger partial charge in [0.05, 0.1) is 25.7 Å². The van der Waals surface area contributed by atoms with E-state index in [4.69, 9.17) is 14.4 Å². The van der Waals surface area contributed by atoms with E-state index < -0.39 is 25.1 Å². The lowest BCUT2D eigenvalue weighted by atomic mass is 9.77. The van der Waals surface area contributed by atoms with Gasteiger partial charge in [-0.2, -0.15) is 0 Å². The quantitative estimate of drug-likeness (QED) is 0.156. The highest BCUT2D eigenvalue weighted by Crippen LogP contribution is 2.41. The van der Waals surface area contributed by atoms with E-state index in [0.29, 0.717) is 5.75 Å². The van der Waals surface area contributed by atoms with Gasteiger partial charge >= 0.3 is 13.8 Å². The van der Waals surface area contributed by atoms with Gasteiger partial charge in [0, 0.05) is 37.5 Å². The van der Waals surface area contributed by atoms with Gasteiger partial charge in [0.1, 0.15) is 11.5 Å². The van der Waals surface area contributed by atoms with Crippen molar-refractivity contribution in [3.63, 3.8) is 0 Å². The van der Waals surface area contributed by atoms with E-state index >= 15 is 0 Å². The van der Waals surface area contributed by atoms with E-state index in [1.54, 1.807) is 6.92 Å². The first-order valence-electron chi connectivity index (χ1n) is 11.4. The molecule has 0 aliphatic carbocycles. The highest BCUT2D eigenvalue weighted by atomic mass is 31.2. The number of Topliss-reactive ketones (excluding diaryl/α,β-unsaturated/α-hetero) is 1. The number of phosphoric ester groups is 1. The topological polar surface area (TPSA) is 137 Å². The lowest BCUT2D eigenvalue weighted by molar-refractivity contribution is -0.140. The number of nitrogens with one attached hydrogen (secondary N) is 1. The molecule has 1 amide bonds. The maximum atomic E-state index is 12.6. The number of rotatable bonds is 15. The van der Waals surface area contributed by atoms with Gasteiger partial charge in [-0.3, -0.25) is 18.6 Å². The van der Waals surface area contributed by atoms with E-state index in [1.165, 1.54) is 6.92 Å². The van der Waals surface area contributed by atoms with Crippen LogP contribution in [0.25, 0.3) is 0 Å². The number of ether oxygens (including phenoxy) is 2. The lowest BCUT2D eigenvalue weighted by Crippen LogP contribution is -2.34. The lowest BCUT2D eigenvalue weighted by Gasteiger charge is -2.30. The molecule has 2 atom stereocenters. The monoisotopic (exact) mass is 515 g/mol. The summed E-state index contributed by atoms with van der Waals surface area (Å²) < 4.78 is 31.1. The fourth-order valence-electron chi connectivity index (χ4n) is 3.65. The van der Waals surface area contributed by atoms with Crippen molar-refractivity contribution in [3.05, 3.63) is 28.8 Å². The molecule has 0 radical (unpaired) electrons. The van der Waals surface area contributed by atoms with Crippen LogP contribution in [0.1, 0.15) is 57.2 Å². The van der Waals surface area contributed by atoms with Gasteiger partial charge in [0.25, 0.3) is 0 Å². The number of carbonyl (C=O) groups excluding carboxylic acids is 3. The van der Waals surface area contributed by atoms with E-state index in [1.807, 2.05) is 39.8 Å². The second kappa shape index (κ2) is 13.8. The third-order valence-electron chi connectivity index (χ3n) is 5.32. The van der Waals surface area contributed by atoms with Crippen LogP contribution in [0.5, 0.6) is 5.75 Å². The van der Waals surface area contributed by atoms with E-state index in [9.17, 15) is 18.9 Å². The van der Waals surface area contributed by atoms with Gasteiger partial charge in [0.15, 0.2) is 0 Å². The number of amides is 1. The number of hydrogen-bond donors (Lipinski definition) is 2. The molecular weight excluding hydrogens is 477 g/mol. The van der Waals surface area contributed by atoms with Crippen molar-refractivity contribution in [1.82, 2.24) is 5.32 Å². The summed E-state index contributed by atoms with van der Waals surface area (Å²) in [6.07, 6.45) is 0.236. The van der Waals surface area contributed by atoms with Crippen LogP contribution in [-0.4, -0.2) is 56.0 Å². The number of carbonyl (C=O) groups is 3. The summed E-state index contributed by atoms with van der Waals surface area (Å²) in [5.41, 5.74) is 1.75. The summed E-state index contributed by atoms with van der Waals surface area (Å²) in [5.74, 6) is -0.941. The van der Waals surface area contributed by atoms with Gasteiger partial charge in [-0.05, 0) is 31.9 Å². The van der Waals surface area contributed by atoms with Crippen LogP contribution >= 0.6 is 7.82 Å². The van der Waals surface area contributed by atoms with Crippen molar-refractivity contribution in [3.8, 4) is 5.75 Å². The first kappa shape index (κ1) is 30.9. The predicted octanol–water partition coefficient (Wildman–Crippen LogP) is 3.39. The number of benzene rings is 1. The van der Waals surface area contributed by atoms with E-state index in [0.717, 1.165) is 23.8 Å². The molecule has 1 aromatic carbocycles. The third kappa shape index (κ3) is 10.6. The molecule has 2 unspecified atom stereocenters. The first-order valence-corrected chi connectivity index (χ1v) is 12.9. The Morgan fingerprint density at radius 1 is 1.11 bits per heavy atom. The molecule has 1 aromatic rings. The van der Waals surface area contributed by atoms with Crippen LogP contribution in [-0.2, 0) is 38.1 Å². The summed E-state index contributed by atoms with van der Waals surface area (Å²) in [6, 6.07) is 3.78. The van der Waals surface area contributed by atoms with Crippen LogP contribution in [0.4, 0.5) is 0 Å². The predicted molar refractivity (Wildman–Crippen MR) is 130 cm³/mol. The molecule has 2 N–H and O–H groups in total. The standard InChI is InChI=1S/C24H38NO9P/c1-16-8-9-17(2)22(34-23(28)18(3)14-19(4)26)21(16)24(5,6)15-20(27)25-10-11-32-12-13-33-35(29,30)31-7/h8-9,18H,10-15H2,1-7H3,(H,25,27)(H,29,30). The van der Waals surface area contributed by atoms with E-state index in [2.05, 4.69) is 14.4 Å². The second-order valence-electron chi connectivity index (χ2n) is 9.14. The van der Waals surface area contributed by atoms with Crippen LogP contribution in [0.3, 0.4) is 0 Å². The molecule has 35 heavy (non-hydrogen) atoms. The SMILES string of the molecule is COP(=O)(O)OCCOCCNC(=O)CC(C)(C)c1c(C)ccc(C)c1OC(=O)C(C)CC(C)=O. The molecule has 10 nitrogen and oxygen atoms in total. The Kier molecular flexibility index (Phi) is 12.2. The zero-order valence-electron chi connectivity index (χ0n) is 21.6. The minimum absolute atomic E-state index is 0.0640. The Hall–Kier alpha value is -2.10. The first-order chi connectivity index (χ1) is 16.2. The minimum atomic E-state index is -4.03. The third-order valence-corrected chi connectivity index (χ3v) is 6.29. The summed E-state index contributed by atoms with van der Waals surface area (Å²) >= 11 is 0. The van der Waals surface area contributed by atoms with Crippen molar-refractivity contribution < 1.29 is 42.4 Å². The van der Waals surface area contributed by atoms with Crippen molar-refractivity contribution in [2.45, 2.75) is 59.8 Å². The average Bonchev–Trinajstić information content (AvgIpc) is 2.74. The maximum Gasteiger partial charge on any atom is 0.471 e. The Balaban J connectivity index is 2.75. The van der Waals surface area contributed by atoms with Gasteiger partial charge in [-0.25, -0.2) is 4.57 Å². The van der Waals surface area contributed by atoms with Crippen LogP contribution in [0, 0.1) is 19.8 Å². The largest absolute Gasteiger partial charge is 0.471 e. The van der Waals surface area contributed by atoms with Gasteiger partial charge < -0.3 is 24.5 Å². The number of ketones is 1. The fraction of sp³-hybridized carbons (Fsp3) is 0.625. The van der Waals surface area contributed by atoms with Gasteiger partial charge in [0.2, 0.25) is 5.91 Å². The zero-order valence-corrected chi connectivity index (χ0v) is 22.5. The van der Waals surface area contributed by atoms with Crippen molar-refractivity contribution >= 4 is 25.5 Å². The molecule has 198 valence electrons. The summed E-state index contributed by atoms with van der Waals surface area (Å²) in [5, 5.41) is 2.78.